The van der Waals surface area contributed by atoms with Crippen molar-refractivity contribution in [3.05, 3.63) is 58.6 Å². The first kappa shape index (κ1) is 15.2. The predicted octanol–water partition coefficient (Wildman–Crippen LogP) is 3.42. The maximum absolute atomic E-state index is 12.3. The normalized spacial score (nSPS) is 11.8. The number of anilines is 1. The van der Waals surface area contributed by atoms with Crippen LogP contribution in [0, 0.1) is 0 Å². The van der Waals surface area contributed by atoms with Crippen molar-refractivity contribution in [2.24, 2.45) is 0 Å². The fourth-order valence-corrected chi connectivity index (χ4v) is 2.23. The number of hydrogen-bond acceptors (Lipinski definition) is 3. The van der Waals surface area contributed by atoms with Crippen LogP contribution in [0.25, 0.3) is 0 Å². The van der Waals surface area contributed by atoms with Crippen LogP contribution in [0.3, 0.4) is 0 Å². The number of methoxy groups -OCH3 is 1. The van der Waals surface area contributed by atoms with Crippen molar-refractivity contribution in [3.8, 4) is 5.75 Å². The smallest absolute Gasteiger partial charge is 0.255 e. The minimum absolute atomic E-state index is 0.168. The van der Waals surface area contributed by atoms with E-state index in [4.69, 9.17) is 22.1 Å². The summed E-state index contributed by atoms with van der Waals surface area (Å²) >= 11 is 5.96. The summed E-state index contributed by atoms with van der Waals surface area (Å²) in [6, 6.07) is 12.2. The van der Waals surface area contributed by atoms with Crippen LogP contribution in [0.2, 0.25) is 5.02 Å². The molecular formula is C16H17ClN2O2. The topological polar surface area (TPSA) is 64.3 Å². The molecule has 0 unspecified atom stereocenters. The molecule has 1 amide bonds. The molecule has 0 fully saturated rings. The number of benzene rings is 2. The van der Waals surface area contributed by atoms with Crippen LogP contribution in [0.15, 0.2) is 42.5 Å². The van der Waals surface area contributed by atoms with E-state index in [1.807, 2.05) is 25.1 Å². The van der Waals surface area contributed by atoms with E-state index in [1.165, 1.54) is 7.11 Å². The average Bonchev–Trinajstić information content (AvgIpc) is 2.46. The van der Waals surface area contributed by atoms with E-state index in [0.29, 0.717) is 22.0 Å². The summed E-state index contributed by atoms with van der Waals surface area (Å²) in [4.78, 5) is 12.3. The number of nitrogen functional groups attached to an aromatic ring is 1. The molecule has 0 aromatic heterocycles. The lowest BCUT2D eigenvalue weighted by Gasteiger charge is -2.16. The van der Waals surface area contributed by atoms with Gasteiger partial charge in [-0.05, 0) is 36.8 Å². The first-order valence-corrected chi connectivity index (χ1v) is 6.89. The Morgan fingerprint density at radius 3 is 2.71 bits per heavy atom. The van der Waals surface area contributed by atoms with Gasteiger partial charge >= 0.3 is 0 Å². The minimum Gasteiger partial charge on any atom is -0.496 e. The van der Waals surface area contributed by atoms with Crippen LogP contribution in [0.1, 0.15) is 28.9 Å². The van der Waals surface area contributed by atoms with Crippen molar-refractivity contribution in [2.75, 3.05) is 12.8 Å². The Kier molecular flexibility index (Phi) is 4.70. The Morgan fingerprint density at radius 2 is 2.05 bits per heavy atom. The molecule has 3 N–H and O–H groups in total. The van der Waals surface area contributed by atoms with E-state index in [2.05, 4.69) is 5.32 Å². The van der Waals surface area contributed by atoms with Crippen molar-refractivity contribution in [1.82, 2.24) is 5.32 Å². The van der Waals surface area contributed by atoms with Crippen molar-refractivity contribution in [3.63, 3.8) is 0 Å². The van der Waals surface area contributed by atoms with E-state index >= 15 is 0 Å². The van der Waals surface area contributed by atoms with Gasteiger partial charge in [0.25, 0.3) is 5.91 Å². The van der Waals surface area contributed by atoms with Crippen molar-refractivity contribution >= 4 is 23.2 Å². The number of nitrogens with two attached hydrogens (primary N) is 1. The molecule has 1 atom stereocenters. The number of rotatable bonds is 4. The zero-order valence-corrected chi connectivity index (χ0v) is 12.6. The van der Waals surface area contributed by atoms with E-state index < -0.39 is 0 Å². The fraction of sp³-hybridized carbons (Fsp3) is 0.188. The van der Waals surface area contributed by atoms with Crippen LogP contribution in [-0.4, -0.2) is 13.0 Å². The van der Waals surface area contributed by atoms with Gasteiger partial charge in [-0.15, -0.1) is 0 Å². The molecule has 2 aromatic rings. The monoisotopic (exact) mass is 304 g/mol. The van der Waals surface area contributed by atoms with Gasteiger partial charge in [-0.1, -0.05) is 23.7 Å². The van der Waals surface area contributed by atoms with Crippen molar-refractivity contribution in [2.45, 2.75) is 13.0 Å². The maximum atomic E-state index is 12.3. The number of carbonyl (C=O) groups excluding carboxylic acids is 1. The molecule has 0 saturated heterocycles. The van der Waals surface area contributed by atoms with Crippen LogP contribution >= 0.6 is 11.6 Å². The van der Waals surface area contributed by atoms with E-state index in [9.17, 15) is 4.79 Å². The summed E-state index contributed by atoms with van der Waals surface area (Å²) in [6.07, 6.45) is 0. The second-order valence-corrected chi connectivity index (χ2v) is 5.15. The van der Waals surface area contributed by atoms with Gasteiger partial charge in [0, 0.05) is 16.8 Å². The van der Waals surface area contributed by atoms with Crippen LogP contribution in [0.4, 0.5) is 5.69 Å². The Hall–Kier alpha value is -2.20. The minimum atomic E-state index is -0.223. The molecule has 0 aliphatic rings. The number of ether oxygens (including phenoxy) is 1. The van der Waals surface area contributed by atoms with Gasteiger partial charge in [0.15, 0.2) is 0 Å². The quantitative estimate of drug-likeness (QED) is 0.851. The van der Waals surface area contributed by atoms with Crippen LogP contribution in [-0.2, 0) is 0 Å². The lowest BCUT2D eigenvalue weighted by Crippen LogP contribution is -2.27. The van der Waals surface area contributed by atoms with Gasteiger partial charge in [-0.2, -0.15) is 0 Å². The Morgan fingerprint density at radius 1 is 1.29 bits per heavy atom. The molecule has 5 heteroatoms. The predicted molar refractivity (Wildman–Crippen MR) is 84.7 cm³/mol. The standard InChI is InChI=1S/C16H17ClN2O2/c1-10(11-4-3-5-12(17)8-11)19-16(20)14-7-6-13(18)9-15(14)21-2/h3-10H,18H2,1-2H3,(H,19,20)/t10-/m0/s1. The number of nitrogens with one attached hydrogen (secondary N) is 1. The van der Waals surface area contributed by atoms with Crippen LogP contribution < -0.4 is 15.8 Å². The fourth-order valence-electron chi connectivity index (χ4n) is 2.03. The second-order valence-electron chi connectivity index (χ2n) is 4.71. The first-order chi connectivity index (χ1) is 10.0. The van der Waals surface area contributed by atoms with Gasteiger partial charge in [-0.25, -0.2) is 0 Å². The molecule has 0 saturated carbocycles. The van der Waals surface area contributed by atoms with Gasteiger partial charge in [0.05, 0.1) is 18.7 Å². The summed E-state index contributed by atoms with van der Waals surface area (Å²) < 4.78 is 5.19. The summed E-state index contributed by atoms with van der Waals surface area (Å²) in [5, 5.41) is 3.55. The summed E-state index contributed by atoms with van der Waals surface area (Å²) in [5.74, 6) is 0.227. The van der Waals surface area contributed by atoms with Crippen LogP contribution in [0.5, 0.6) is 5.75 Å². The molecule has 2 rings (SSSR count). The molecule has 21 heavy (non-hydrogen) atoms. The summed E-state index contributed by atoms with van der Waals surface area (Å²) in [7, 11) is 1.51. The van der Waals surface area contributed by atoms with E-state index in [0.717, 1.165) is 5.56 Å². The highest BCUT2D eigenvalue weighted by Gasteiger charge is 2.15. The Bertz CT molecular complexity index is 658. The van der Waals surface area contributed by atoms with E-state index in [-0.39, 0.29) is 11.9 Å². The lowest BCUT2D eigenvalue weighted by atomic mass is 10.1. The number of hydrogen-bond donors (Lipinski definition) is 2. The van der Waals surface area contributed by atoms with E-state index in [1.54, 1.807) is 24.3 Å². The molecular weight excluding hydrogens is 288 g/mol. The molecule has 0 aliphatic heterocycles. The lowest BCUT2D eigenvalue weighted by molar-refractivity contribution is 0.0937. The molecule has 0 aliphatic carbocycles. The number of amides is 1. The Balaban J connectivity index is 2.18. The molecule has 0 bridgehead atoms. The van der Waals surface area contributed by atoms with Gasteiger partial charge < -0.3 is 15.8 Å². The zero-order valence-electron chi connectivity index (χ0n) is 11.9. The molecule has 110 valence electrons. The second kappa shape index (κ2) is 6.50. The highest BCUT2D eigenvalue weighted by Crippen LogP contribution is 2.23. The molecule has 4 nitrogen and oxygen atoms in total. The SMILES string of the molecule is COc1cc(N)ccc1C(=O)N[C@@H](C)c1cccc(Cl)c1. The molecule has 2 aromatic carbocycles. The average molecular weight is 305 g/mol. The molecule has 0 spiro atoms. The maximum Gasteiger partial charge on any atom is 0.255 e. The zero-order chi connectivity index (χ0) is 15.4. The van der Waals surface area contributed by atoms with Gasteiger partial charge in [0.2, 0.25) is 0 Å². The summed E-state index contributed by atoms with van der Waals surface area (Å²) in [5.41, 5.74) is 7.61. The highest BCUT2D eigenvalue weighted by molar-refractivity contribution is 6.30. The molecule has 0 radical (unpaired) electrons. The largest absolute Gasteiger partial charge is 0.496 e. The van der Waals surface area contributed by atoms with Crippen molar-refractivity contribution < 1.29 is 9.53 Å². The number of halogens is 1. The number of carbonyl (C=O) groups is 1. The van der Waals surface area contributed by atoms with Gasteiger partial charge in [-0.3, -0.25) is 4.79 Å². The first-order valence-electron chi connectivity index (χ1n) is 6.51. The molecule has 0 heterocycles. The Labute approximate surface area is 128 Å². The third kappa shape index (κ3) is 3.67. The highest BCUT2D eigenvalue weighted by atomic mass is 35.5. The summed E-state index contributed by atoms with van der Waals surface area (Å²) in [6.45, 7) is 1.90. The van der Waals surface area contributed by atoms with Gasteiger partial charge in [0.1, 0.15) is 5.75 Å². The third-order valence-electron chi connectivity index (χ3n) is 3.17. The third-order valence-corrected chi connectivity index (χ3v) is 3.40. The van der Waals surface area contributed by atoms with Crippen molar-refractivity contribution in [1.29, 1.82) is 0 Å².